The smallest absolute Gasteiger partial charge is 0.135 e. The lowest BCUT2D eigenvalue weighted by Gasteiger charge is -2.13. The van der Waals surface area contributed by atoms with E-state index in [4.69, 9.17) is 0 Å². The molecule has 1 heterocycles. The lowest BCUT2D eigenvalue weighted by atomic mass is 10.2. The van der Waals surface area contributed by atoms with E-state index in [9.17, 15) is 4.79 Å². The van der Waals surface area contributed by atoms with Gasteiger partial charge in [-0.3, -0.25) is 4.79 Å². The van der Waals surface area contributed by atoms with Crippen LogP contribution in [0.25, 0.3) is 10.9 Å². The summed E-state index contributed by atoms with van der Waals surface area (Å²) in [5.41, 5.74) is 2.33. The third-order valence-corrected chi connectivity index (χ3v) is 2.77. The Bertz CT molecular complexity index is 523. The van der Waals surface area contributed by atoms with Crippen molar-refractivity contribution in [3.05, 3.63) is 36.0 Å². The molecule has 0 aliphatic heterocycles. The predicted octanol–water partition coefficient (Wildman–Crippen LogP) is 3.35. The molecule has 0 fully saturated rings. The fourth-order valence-corrected chi connectivity index (χ4v) is 2.23. The highest BCUT2D eigenvalue weighted by atomic mass is 16.1. The maximum Gasteiger partial charge on any atom is 0.135 e. The van der Waals surface area contributed by atoms with E-state index in [1.165, 1.54) is 10.9 Å². The Hall–Kier alpha value is -1.57. The number of aromatic nitrogens is 1. The number of nitrogens with zero attached hydrogens (tertiary/aromatic N) is 1. The first-order valence-electron chi connectivity index (χ1n) is 5.68. The summed E-state index contributed by atoms with van der Waals surface area (Å²) in [6.45, 7) is 5.94. The largest absolute Gasteiger partial charge is 0.342 e. The fraction of sp³-hybridized carbons (Fsp3) is 0.357. The zero-order chi connectivity index (χ0) is 11.7. The summed E-state index contributed by atoms with van der Waals surface area (Å²) in [6.07, 6.45) is 0.521. The van der Waals surface area contributed by atoms with Gasteiger partial charge < -0.3 is 4.57 Å². The highest BCUT2D eigenvalue weighted by Gasteiger charge is 2.11. The van der Waals surface area contributed by atoms with Crippen LogP contribution in [0.15, 0.2) is 30.3 Å². The zero-order valence-corrected chi connectivity index (χ0v) is 10.0. The maximum atomic E-state index is 11.3. The van der Waals surface area contributed by atoms with Crippen LogP contribution >= 0.6 is 0 Å². The molecule has 2 heteroatoms. The summed E-state index contributed by atoms with van der Waals surface area (Å²) < 4.78 is 2.25. The van der Waals surface area contributed by atoms with Gasteiger partial charge >= 0.3 is 0 Å². The summed E-state index contributed by atoms with van der Waals surface area (Å²) in [5, 5.41) is 1.22. The molecule has 84 valence electrons. The van der Waals surface area contributed by atoms with Crippen molar-refractivity contribution in [2.45, 2.75) is 33.2 Å². The molecule has 0 bridgehead atoms. The van der Waals surface area contributed by atoms with Crippen LogP contribution < -0.4 is 0 Å². The number of fused-ring (bicyclic) bond motifs is 1. The van der Waals surface area contributed by atoms with Crippen molar-refractivity contribution < 1.29 is 4.79 Å². The Labute approximate surface area is 95.9 Å². The quantitative estimate of drug-likeness (QED) is 0.769. The predicted molar refractivity (Wildman–Crippen MR) is 66.7 cm³/mol. The molecule has 0 aliphatic carbocycles. The highest BCUT2D eigenvalue weighted by Crippen LogP contribution is 2.24. The van der Waals surface area contributed by atoms with Crippen LogP contribution in [0.2, 0.25) is 0 Å². The van der Waals surface area contributed by atoms with Gasteiger partial charge in [0.15, 0.2) is 0 Å². The molecule has 16 heavy (non-hydrogen) atoms. The SMILES string of the molecule is CC(=O)Cc1cc2ccccc2n1C(C)C. The molecule has 1 aromatic heterocycles. The van der Waals surface area contributed by atoms with E-state index in [1.54, 1.807) is 6.92 Å². The first kappa shape index (κ1) is 10.9. The van der Waals surface area contributed by atoms with Gasteiger partial charge in [0.1, 0.15) is 5.78 Å². The van der Waals surface area contributed by atoms with E-state index in [-0.39, 0.29) is 5.78 Å². The topological polar surface area (TPSA) is 22.0 Å². The van der Waals surface area contributed by atoms with Crippen LogP contribution in [-0.2, 0) is 11.2 Å². The first-order valence-corrected chi connectivity index (χ1v) is 5.68. The van der Waals surface area contributed by atoms with Crippen molar-refractivity contribution in [3.63, 3.8) is 0 Å². The van der Waals surface area contributed by atoms with Crippen LogP contribution in [0, 0.1) is 0 Å². The number of hydrogen-bond donors (Lipinski definition) is 0. The Balaban J connectivity index is 2.63. The van der Waals surface area contributed by atoms with Gasteiger partial charge in [-0.2, -0.15) is 0 Å². The lowest BCUT2D eigenvalue weighted by Crippen LogP contribution is -2.08. The van der Waals surface area contributed by atoms with Crippen LogP contribution in [-0.4, -0.2) is 10.4 Å². The van der Waals surface area contributed by atoms with Gasteiger partial charge in [-0.05, 0) is 38.3 Å². The molecular weight excluding hydrogens is 198 g/mol. The van der Waals surface area contributed by atoms with Crippen LogP contribution in [0.5, 0.6) is 0 Å². The van der Waals surface area contributed by atoms with Crippen LogP contribution in [0.3, 0.4) is 0 Å². The molecule has 0 atom stereocenters. The number of rotatable bonds is 3. The number of Topliss-reactive ketones (excluding diaryl/α,β-unsaturated/α-hetero) is 1. The van der Waals surface area contributed by atoms with Crippen molar-refractivity contribution in [3.8, 4) is 0 Å². The van der Waals surface area contributed by atoms with E-state index in [0.29, 0.717) is 12.5 Å². The maximum absolute atomic E-state index is 11.3. The number of benzene rings is 1. The molecule has 0 saturated heterocycles. The second-order valence-corrected chi connectivity index (χ2v) is 4.54. The second-order valence-electron chi connectivity index (χ2n) is 4.54. The van der Waals surface area contributed by atoms with Crippen LogP contribution in [0.4, 0.5) is 0 Å². The average Bonchev–Trinajstić information content (AvgIpc) is 2.53. The fourth-order valence-electron chi connectivity index (χ4n) is 2.23. The van der Waals surface area contributed by atoms with Gasteiger partial charge in [0.25, 0.3) is 0 Å². The Morgan fingerprint density at radius 2 is 2.00 bits per heavy atom. The number of ketones is 1. The Morgan fingerprint density at radius 1 is 1.31 bits per heavy atom. The normalized spacial score (nSPS) is 11.2. The monoisotopic (exact) mass is 215 g/mol. The van der Waals surface area contributed by atoms with Gasteiger partial charge in [0.05, 0.1) is 0 Å². The molecule has 0 N–H and O–H groups in total. The van der Waals surface area contributed by atoms with Gasteiger partial charge in [-0.1, -0.05) is 18.2 Å². The molecule has 1 aromatic carbocycles. The minimum atomic E-state index is 0.213. The standard InChI is InChI=1S/C14H17NO/c1-10(2)15-13(8-11(3)16)9-12-6-4-5-7-14(12)15/h4-7,9-10H,8H2,1-3H3. The third-order valence-electron chi connectivity index (χ3n) is 2.77. The number of para-hydroxylation sites is 1. The highest BCUT2D eigenvalue weighted by molar-refractivity contribution is 5.84. The molecule has 0 spiro atoms. The van der Waals surface area contributed by atoms with E-state index in [2.05, 4.69) is 36.6 Å². The van der Waals surface area contributed by atoms with Gasteiger partial charge in [-0.25, -0.2) is 0 Å². The van der Waals surface area contributed by atoms with Gasteiger partial charge in [0.2, 0.25) is 0 Å². The van der Waals surface area contributed by atoms with E-state index in [1.807, 2.05) is 12.1 Å². The summed E-state index contributed by atoms with van der Waals surface area (Å²) >= 11 is 0. The van der Waals surface area contributed by atoms with Crippen molar-refractivity contribution >= 4 is 16.7 Å². The van der Waals surface area contributed by atoms with E-state index in [0.717, 1.165) is 5.69 Å². The van der Waals surface area contributed by atoms with Crippen molar-refractivity contribution in [2.24, 2.45) is 0 Å². The average molecular weight is 215 g/mol. The molecular formula is C14H17NO. The van der Waals surface area contributed by atoms with Crippen LogP contribution in [0.1, 0.15) is 32.5 Å². The molecule has 0 saturated carbocycles. The number of hydrogen-bond acceptors (Lipinski definition) is 1. The first-order chi connectivity index (χ1) is 7.59. The molecule has 0 amide bonds. The van der Waals surface area contributed by atoms with Crippen molar-refractivity contribution in [2.75, 3.05) is 0 Å². The van der Waals surface area contributed by atoms with E-state index < -0.39 is 0 Å². The Morgan fingerprint density at radius 3 is 2.62 bits per heavy atom. The van der Waals surface area contributed by atoms with Gasteiger partial charge in [-0.15, -0.1) is 0 Å². The van der Waals surface area contributed by atoms with E-state index >= 15 is 0 Å². The summed E-state index contributed by atoms with van der Waals surface area (Å²) in [7, 11) is 0. The Kier molecular flexibility index (Phi) is 2.82. The lowest BCUT2D eigenvalue weighted by molar-refractivity contribution is -0.116. The second kappa shape index (κ2) is 4.12. The van der Waals surface area contributed by atoms with Gasteiger partial charge in [0, 0.05) is 23.7 Å². The summed E-state index contributed by atoms with van der Waals surface area (Å²) in [4.78, 5) is 11.3. The van der Waals surface area contributed by atoms with Crippen molar-refractivity contribution in [1.29, 1.82) is 0 Å². The molecule has 0 radical (unpaired) electrons. The van der Waals surface area contributed by atoms with Crippen molar-refractivity contribution in [1.82, 2.24) is 4.57 Å². The molecule has 0 aliphatic rings. The summed E-state index contributed by atoms with van der Waals surface area (Å²) in [5.74, 6) is 0.213. The summed E-state index contributed by atoms with van der Waals surface area (Å²) in [6, 6.07) is 10.8. The number of carbonyl (C=O) groups excluding carboxylic acids is 1. The molecule has 2 rings (SSSR count). The molecule has 0 unspecified atom stereocenters. The molecule has 2 nitrogen and oxygen atoms in total. The zero-order valence-electron chi connectivity index (χ0n) is 10.0. The minimum absolute atomic E-state index is 0.213. The number of carbonyl (C=O) groups is 1. The minimum Gasteiger partial charge on any atom is -0.342 e. The third kappa shape index (κ3) is 1.87. The molecule has 2 aromatic rings.